The molecule has 2 heteroatoms. The Hall–Kier alpha value is -1.27. The van der Waals surface area contributed by atoms with Crippen molar-refractivity contribution < 1.29 is 0 Å². The molecule has 1 aliphatic heterocycles. The van der Waals surface area contributed by atoms with Crippen molar-refractivity contribution in [3.05, 3.63) is 29.3 Å². The molecule has 1 aliphatic rings. The lowest BCUT2D eigenvalue weighted by Crippen LogP contribution is -1.98. The Morgan fingerprint density at radius 3 is 3.30 bits per heavy atom. The van der Waals surface area contributed by atoms with Gasteiger partial charge in [0.1, 0.15) is 0 Å². The fourth-order valence-corrected chi connectivity index (χ4v) is 0.663. The average Bonchev–Trinajstić information content (AvgIpc) is 1.90. The number of nitrogens with two attached hydrogens (primary N) is 1. The van der Waals surface area contributed by atoms with E-state index in [2.05, 4.69) is 10.7 Å². The minimum atomic E-state index is 0.720. The lowest BCUT2D eigenvalue weighted by atomic mass is 10.3. The number of hydrogen-bond acceptors (Lipinski definition) is 2. The lowest BCUT2D eigenvalue weighted by Gasteiger charge is -1.92. The van der Waals surface area contributed by atoms with Gasteiger partial charge in [-0.25, -0.2) is 0 Å². The summed E-state index contributed by atoms with van der Waals surface area (Å²) in [5.41, 5.74) is 10.1. The van der Waals surface area contributed by atoms with Crippen molar-refractivity contribution in [3.63, 3.8) is 0 Å². The SMILES string of the molecule is CC1=C=CC/C=C(/N)C=N1. The number of allylic oxidation sites excluding steroid dienone is 3. The fraction of sp³-hybridized carbons (Fsp3) is 0.250. The van der Waals surface area contributed by atoms with Gasteiger partial charge in [-0.15, -0.1) is 5.73 Å². The van der Waals surface area contributed by atoms with E-state index in [0.717, 1.165) is 17.8 Å². The molecule has 0 saturated heterocycles. The van der Waals surface area contributed by atoms with Crippen LogP contribution in [0.15, 0.2) is 34.3 Å². The highest BCUT2D eigenvalue weighted by Gasteiger charge is 1.85. The fourth-order valence-electron chi connectivity index (χ4n) is 0.663. The van der Waals surface area contributed by atoms with Gasteiger partial charge in [-0.1, -0.05) is 6.08 Å². The van der Waals surface area contributed by atoms with Crippen LogP contribution in [0, 0.1) is 0 Å². The first kappa shape index (κ1) is 6.84. The van der Waals surface area contributed by atoms with E-state index < -0.39 is 0 Å². The molecule has 2 N–H and O–H groups in total. The maximum absolute atomic E-state index is 5.52. The molecular formula is C8H10N2. The maximum Gasteiger partial charge on any atom is 0.0787 e. The van der Waals surface area contributed by atoms with Crippen LogP contribution in [0.25, 0.3) is 0 Å². The number of rotatable bonds is 0. The summed E-state index contributed by atoms with van der Waals surface area (Å²) in [6, 6.07) is 0. The summed E-state index contributed by atoms with van der Waals surface area (Å²) in [6.07, 6.45) is 6.31. The largest absolute Gasteiger partial charge is 0.398 e. The van der Waals surface area contributed by atoms with Crippen LogP contribution in [0.1, 0.15) is 13.3 Å². The second-order valence-electron chi connectivity index (χ2n) is 2.13. The number of aliphatic imine (C=N–C) groups is 1. The zero-order chi connectivity index (χ0) is 7.40. The van der Waals surface area contributed by atoms with Crippen LogP contribution in [0.5, 0.6) is 0 Å². The highest BCUT2D eigenvalue weighted by atomic mass is 14.7. The summed E-state index contributed by atoms with van der Waals surface area (Å²) in [4.78, 5) is 4.02. The van der Waals surface area contributed by atoms with Crippen LogP contribution in [0.2, 0.25) is 0 Å². The molecule has 1 heterocycles. The molecule has 0 bridgehead atoms. The molecule has 52 valence electrons. The summed E-state index contributed by atoms with van der Waals surface area (Å²) in [7, 11) is 0. The van der Waals surface area contributed by atoms with Gasteiger partial charge in [0.15, 0.2) is 0 Å². The van der Waals surface area contributed by atoms with Crippen molar-refractivity contribution in [1.82, 2.24) is 0 Å². The Balaban J connectivity index is 2.87. The van der Waals surface area contributed by atoms with Crippen LogP contribution >= 0.6 is 0 Å². The molecule has 1 rings (SSSR count). The van der Waals surface area contributed by atoms with E-state index in [-0.39, 0.29) is 0 Å². The molecule has 0 aromatic heterocycles. The zero-order valence-corrected chi connectivity index (χ0v) is 5.96. The van der Waals surface area contributed by atoms with Crippen molar-refractivity contribution in [2.24, 2.45) is 10.7 Å². The smallest absolute Gasteiger partial charge is 0.0787 e. The van der Waals surface area contributed by atoms with E-state index in [1.165, 1.54) is 0 Å². The monoisotopic (exact) mass is 134 g/mol. The van der Waals surface area contributed by atoms with E-state index in [9.17, 15) is 0 Å². The molecular weight excluding hydrogens is 124 g/mol. The third-order valence-corrected chi connectivity index (χ3v) is 1.19. The molecule has 0 spiro atoms. The Morgan fingerprint density at radius 1 is 1.70 bits per heavy atom. The molecule has 0 saturated carbocycles. The predicted octanol–water partition coefficient (Wildman–Crippen LogP) is 1.36. The molecule has 0 aliphatic carbocycles. The summed E-state index contributed by atoms with van der Waals surface area (Å²) >= 11 is 0. The van der Waals surface area contributed by atoms with Crippen molar-refractivity contribution in [2.45, 2.75) is 13.3 Å². The van der Waals surface area contributed by atoms with Gasteiger partial charge in [0, 0.05) is 5.70 Å². The maximum atomic E-state index is 5.52. The summed E-state index contributed by atoms with van der Waals surface area (Å²) in [6.45, 7) is 1.89. The van der Waals surface area contributed by atoms with Crippen LogP contribution in [0.4, 0.5) is 0 Å². The number of nitrogens with zero attached hydrogens (tertiary/aromatic N) is 1. The number of hydrogen-bond donors (Lipinski definition) is 1. The van der Waals surface area contributed by atoms with Crippen LogP contribution in [-0.4, -0.2) is 6.21 Å². The normalized spacial score (nSPS) is 22.5. The van der Waals surface area contributed by atoms with Crippen LogP contribution < -0.4 is 5.73 Å². The molecule has 0 fully saturated rings. The first-order valence-corrected chi connectivity index (χ1v) is 3.20. The Morgan fingerprint density at radius 2 is 2.50 bits per heavy atom. The predicted molar refractivity (Wildman–Crippen MR) is 42.6 cm³/mol. The van der Waals surface area contributed by atoms with E-state index in [1.54, 1.807) is 6.21 Å². The van der Waals surface area contributed by atoms with Gasteiger partial charge in [0.2, 0.25) is 0 Å². The zero-order valence-electron chi connectivity index (χ0n) is 5.96. The van der Waals surface area contributed by atoms with Crippen LogP contribution in [0.3, 0.4) is 0 Å². The van der Waals surface area contributed by atoms with Gasteiger partial charge in [-0.2, -0.15) is 0 Å². The Kier molecular flexibility index (Phi) is 2.08. The van der Waals surface area contributed by atoms with Gasteiger partial charge in [0.05, 0.1) is 11.9 Å². The summed E-state index contributed by atoms with van der Waals surface area (Å²) in [5.74, 6) is 0. The minimum absolute atomic E-state index is 0.720. The second kappa shape index (κ2) is 3.04. The molecule has 0 radical (unpaired) electrons. The van der Waals surface area contributed by atoms with E-state index >= 15 is 0 Å². The topological polar surface area (TPSA) is 38.4 Å². The van der Waals surface area contributed by atoms with Gasteiger partial charge in [-0.3, -0.25) is 4.99 Å². The van der Waals surface area contributed by atoms with Gasteiger partial charge in [0.25, 0.3) is 0 Å². The first-order chi connectivity index (χ1) is 4.79. The van der Waals surface area contributed by atoms with E-state index in [0.29, 0.717) is 0 Å². The van der Waals surface area contributed by atoms with Crippen LogP contribution in [-0.2, 0) is 0 Å². The van der Waals surface area contributed by atoms with Crippen molar-refractivity contribution in [3.8, 4) is 0 Å². The summed E-state index contributed by atoms with van der Waals surface area (Å²) < 4.78 is 0. The lowest BCUT2D eigenvalue weighted by molar-refractivity contribution is 1.26. The highest BCUT2D eigenvalue weighted by Crippen LogP contribution is 1.97. The molecule has 10 heavy (non-hydrogen) atoms. The molecule has 2 nitrogen and oxygen atoms in total. The van der Waals surface area contributed by atoms with Crippen molar-refractivity contribution in [1.29, 1.82) is 0 Å². The first-order valence-electron chi connectivity index (χ1n) is 3.20. The average molecular weight is 134 g/mol. The molecule has 0 atom stereocenters. The van der Waals surface area contributed by atoms with Crippen molar-refractivity contribution in [2.75, 3.05) is 0 Å². The van der Waals surface area contributed by atoms with Gasteiger partial charge in [-0.05, 0) is 19.4 Å². The molecule has 0 aromatic carbocycles. The third kappa shape index (κ3) is 1.92. The standard InChI is InChI=1S/C8H10N2/c1-7-4-2-3-5-8(9)6-10-7/h2,5-6H,3,9H2,1H3/b8-5+,10-6?. The second-order valence-corrected chi connectivity index (χ2v) is 2.13. The molecule has 0 amide bonds. The quantitative estimate of drug-likeness (QED) is 0.499. The molecule has 0 unspecified atom stereocenters. The van der Waals surface area contributed by atoms with E-state index in [1.807, 2.05) is 19.1 Å². The Bertz CT molecular complexity index is 240. The Labute approximate surface area is 60.5 Å². The van der Waals surface area contributed by atoms with E-state index in [4.69, 9.17) is 5.73 Å². The summed E-state index contributed by atoms with van der Waals surface area (Å²) in [5, 5.41) is 0. The van der Waals surface area contributed by atoms with Gasteiger partial charge >= 0.3 is 0 Å². The minimum Gasteiger partial charge on any atom is -0.398 e. The highest BCUT2D eigenvalue weighted by molar-refractivity contribution is 5.78. The third-order valence-electron chi connectivity index (χ3n) is 1.19. The van der Waals surface area contributed by atoms with Crippen molar-refractivity contribution >= 4 is 6.21 Å². The molecule has 0 aromatic rings. The van der Waals surface area contributed by atoms with Gasteiger partial charge < -0.3 is 5.73 Å².